The molecule has 9 nitrogen and oxygen atoms in total. The maximum absolute atomic E-state index is 13.2. The summed E-state index contributed by atoms with van der Waals surface area (Å²) in [7, 11) is -0.0467. The first kappa shape index (κ1) is 19.8. The Morgan fingerprint density at radius 1 is 1.18 bits per heavy atom. The molecule has 1 aliphatic rings. The number of nitrogens with zero attached hydrogens (tertiary/aromatic N) is 4. The van der Waals surface area contributed by atoms with Crippen molar-refractivity contribution in [1.29, 1.82) is 0 Å². The van der Waals surface area contributed by atoms with Gasteiger partial charge in [0.15, 0.2) is 0 Å². The van der Waals surface area contributed by atoms with Crippen molar-refractivity contribution >= 4 is 16.8 Å². The number of aliphatic carboxylic acids is 1. The van der Waals surface area contributed by atoms with E-state index in [0.717, 1.165) is 11.1 Å². The minimum atomic E-state index is -1.60. The van der Waals surface area contributed by atoms with Crippen LogP contribution in [0.5, 0.6) is 5.75 Å². The van der Waals surface area contributed by atoms with E-state index in [4.69, 9.17) is 15.6 Å². The number of carbonyl (C=O) groups is 1. The maximum Gasteiger partial charge on any atom is 0.320 e. The van der Waals surface area contributed by atoms with Crippen molar-refractivity contribution in [3.8, 4) is 5.75 Å². The first-order chi connectivity index (χ1) is 13.4. The van der Waals surface area contributed by atoms with Gasteiger partial charge >= 0.3 is 5.97 Å². The summed E-state index contributed by atoms with van der Waals surface area (Å²) in [6, 6.07) is 13.0. The predicted octanol–water partition coefficient (Wildman–Crippen LogP) is 2.54. The summed E-state index contributed by atoms with van der Waals surface area (Å²) in [4.78, 5) is 9.54. The lowest BCUT2D eigenvalue weighted by Crippen LogP contribution is -2.32. The molecule has 0 saturated heterocycles. The van der Waals surface area contributed by atoms with Gasteiger partial charge in [-0.1, -0.05) is 24.3 Å². The smallest absolute Gasteiger partial charge is 0.320 e. The van der Waals surface area contributed by atoms with Crippen LogP contribution in [0.1, 0.15) is 16.7 Å². The number of rotatable bonds is 8. The maximum atomic E-state index is 13.2. The summed E-state index contributed by atoms with van der Waals surface area (Å²) in [6.45, 7) is 0. The fourth-order valence-corrected chi connectivity index (χ4v) is 4.10. The summed E-state index contributed by atoms with van der Waals surface area (Å²) in [6.07, 6.45) is 0.179. The fourth-order valence-electron chi connectivity index (χ4n) is 2.77. The van der Waals surface area contributed by atoms with Crippen LogP contribution in [-0.4, -0.2) is 28.4 Å². The van der Waals surface area contributed by atoms with Crippen LogP contribution >= 0.6 is 0 Å². The van der Waals surface area contributed by atoms with Crippen molar-refractivity contribution in [2.24, 2.45) is 26.4 Å². The van der Waals surface area contributed by atoms with Crippen molar-refractivity contribution in [3.63, 3.8) is 0 Å². The van der Waals surface area contributed by atoms with Crippen LogP contribution < -0.4 is 10.5 Å². The zero-order valence-corrected chi connectivity index (χ0v) is 15.9. The van der Waals surface area contributed by atoms with Crippen molar-refractivity contribution in [2.75, 3.05) is 7.11 Å². The van der Waals surface area contributed by atoms with Crippen LogP contribution in [0.2, 0.25) is 0 Å². The van der Waals surface area contributed by atoms with Crippen molar-refractivity contribution in [2.45, 2.75) is 23.2 Å². The second-order valence-corrected chi connectivity index (χ2v) is 7.72. The Labute approximate surface area is 163 Å². The topological polar surface area (TPSA) is 139 Å². The van der Waals surface area contributed by atoms with Gasteiger partial charge in [-0.25, -0.2) is 0 Å². The number of benzene rings is 2. The van der Waals surface area contributed by atoms with Gasteiger partial charge in [-0.05, 0) is 52.3 Å². The standard InChI is InChI=1S/C18H19N5O4S/c1-27-15-7-5-14(6-8-15)18(20-22-23-21-18)28(26)11-13-4-2-3-12(9-13)10-16(19)17(24)25/h2-9,16H,10-11,19H2,1H3,(H,24,25)/t16-,28?/m0/s1. The van der Waals surface area contributed by atoms with Crippen LogP contribution in [0.4, 0.5) is 0 Å². The predicted molar refractivity (Wildman–Crippen MR) is 102 cm³/mol. The number of methoxy groups -OCH3 is 1. The lowest BCUT2D eigenvalue weighted by molar-refractivity contribution is -0.138. The molecule has 10 heteroatoms. The highest BCUT2D eigenvalue weighted by Crippen LogP contribution is 2.38. The minimum absolute atomic E-state index is 0.139. The minimum Gasteiger partial charge on any atom is -0.497 e. The largest absolute Gasteiger partial charge is 0.497 e. The van der Waals surface area contributed by atoms with E-state index in [9.17, 15) is 9.00 Å². The molecular weight excluding hydrogens is 382 g/mol. The number of carboxylic acids is 1. The van der Waals surface area contributed by atoms with Gasteiger partial charge in [0.1, 0.15) is 11.8 Å². The van der Waals surface area contributed by atoms with Crippen molar-refractivity contribution < 1.29 is 18.8 Å². The van der Waals surface area contributed by atoms with E-state index < -0.39 is 27.8 Å². The third-order valence-corrected chi connectivity index (χ3v) is 5.88. The lowest BCUT2D eigenvalue weighted by Gasteiger charge is -2.20. The van der Waals surface area contributed by atoms with Crippen molar-refractivity contribution in [1.82, 2.24) is 0 Å². The lowest BCUT2D eigenvalue weighted by atomic mass is 10.0. The average Bonchev–Trinajstić information content (AvgIpc) is 3.19. The summed E-state index contributed by atoms with van der Waals surface area (Å²) < 4.78 is 18.3. The molecule has 0 fully saturated rings. The van der Waals surface area contributed by atoms with E-state index in [1.165, 1.54) is 0 Å². The third kappa shape index (κ3) is 4.12. The molecule has 28 heavy (non-hydrogen) atoms. The Bertz CT molecular complexity index is 933. The second kappa shape index (κ2) is 8.36. The molecular formula is C18H19N5O4S. The van der Waals surface area contributed by atoms with Gasteiger partial charge in [0.05, 0.1) is 23.7 Å². The number of ether oxygens (including phenoxy) is 1. The van der Waals surface area contributed by atoms with E-state index in [2.05, 4.69) is 20.7 Å². The van der Waals surface area contributed by atoms with Gasteiger partial charge in [0, 0.05) is 5.56 Å². The quantitative estimate of drug-likeness (QED) is 0.700. The van der Waals surface area contributed by atoms with E-state index >= 15 is 0 Å². The number of hydrogen-bond acceptors (Lipinski definition) is 8. The van der Waals surface area contributed by atoms with E-state index in [1.807, 2.05) is 0 Å². The summed E-state index contributed by atoms with van der Waals surface area (Å²) in [5.74, 6) is -0.279. The van der Waals surface area contributed by atoms with Crippen LogP contribution in [-0.2, 0) is 32.8 Å². The van der Waals surface area contributed by atoms with Gasteiger partial charge in [0.25, 0.3) is 4.99 Å². The molecule has 0 aliphatic carbocycles. The molecule has 2 aromatic carbocycles. The van der Waals surface area contributed by atoms with Crippen LogP contribution in [0.3, 0.4) is 0 Å². The zero-order valence-electron chi connectivity index (χ0n) is 15.1. The Hall–Kier alpha value is -2.98. The Morgan fingerprint density at radius 2 is 1.82 bits per heavy atom. The van der Waals surface area contributed by atoms with Crippen LogP contribution in [0, 0.1) is 0 Å². The van der Waals surface area contributed by atoms with Gasteiger partial charge < -0.3 is 15.6 Å². The van der Waals surface area contributed by atoms with Gasteiger partial charge in [-0.2, -0.15) is 0 Å². The Balaban J connectivity index is 1.83. The molecule has 0 radical (unpaired) electrons. The molecule has 1 unspecified atom stereocenters. The van der Waals surface area contributed by atoms with E-state index in [-0.39, 0.29) is 12.2 Å². The van der Waals surface area contributed by atoms with Gasteiger partial charge in [-0.3, -0.25) is 9.00 Å². The number of nitrogens with two attached hydrogens (primary N) is 1. The molecule has 0 bridgehead atoms. The number of carboxylic acid groups (broad SMARTS) is 1. The SMILES string of the molecule is COc1ccc(C2(S(=O)Cc3cccc(C[C@H](N)C(=O)O)c3)N=NN=N2)cc1. The fraction of sp³-hybridized carbons (Fsp3) is 0.278. The molecule has 2 aromatic rings. The van der Waals surface area contributed by atoms with Crippen LogP contribution in [0.25, 0.3) is 0 Å². The zero-order chi connectivity index (χ0) is 20.1. The monoisotopic (exact) mass is 401 g/mol. The summed E-state index contributed by atoms with van der Waals surface area (Å²) in [5, 5.41) is 24.2. The summed E-state index contributed by atoms with van der Waals surface area (Å²) in [5.41, 5.74) is 7.68. The summed E-state index contributed by atoms with van der Waals surface area (Å²) >= 11 is 0. The molecule has 1 heterocycles. The molecule has 0 aromatic heterocycles. The van der Waals surface area contributed by atoms with Crippen molar-refractivity contribution in [3.05, 3.63) is 65.2 Å². The highest BCUT2D eigenvalue weighted by Gasteiger charge is 2.42. The average molecular weight is 401 g/mol. The molecule has 146 valence electrons. The van der Waals surface area contributed by atoms with E-state index in [1.54, 1.807) is 55.6 Å². The van der Waals surface area contributed by atoms with Gasteiger partial charge in [0.2, 0.25) is 0 Å². The van der Waals surface area contributed by atoms with Gasteiger partial charge in [-0.15, -0.1) is 10.2 Å². The molecule has 2 atom stereocenters. The molecule has 1 aliphatic heterocycles. The first-order valence-electron chi connectivity index (χ1n) is 8.38. The van der Waals surface area contributed by atoms with E-state index in [0.29, 0.717) is 11.3 Å². The number of hydrogen-bond donors (Lipinski definition) is 2. The normalized spacial score (nSPS) is 16.6. The highest BCUT2D eigenvalue weighted by molar-refractivity contribution is 7.85. The molecule has 3 N–H and O–H groups in total. The molecule has 3 rings (SSSR count). The first-order valence-corrected chi connectivity index (χ1v) is 9.70. The van der Waals surface area contributed by atoms with Crippen LogP contribution in [0.15, 0.2) is 69.2 Å². The molecule has 0 spiro atoms. The Morgan fingerprint density at radius 3 is 2.43 bits per heavy atom. The Kier molecular flexibility index (Phi) is 5.90. The molecule has 0 saturated carbocycles. The third-order valence-electron chi connectivity index (χ3n) is 4.25. The molecule has 0 amide bonds. The highest BCUT2D eigenvalue weighted by atomic mass is 32.2. The second-order valence-electron chi connectivity index (χ2n) is 6.17.